The van der Waals surface area contributed by atoms with Crippen molar-refractivity contribution in [2.45, 2.75) is 39.7 Å². The third-order valence-corrected chi connectivity index (χ3v) is 4.21. The van der Waals surface area contributed by atoms with Crippen molar-refractivity contribution >= 4 is 41.8 Å². The van der Waals surface area contributed by atoms with E-state index < -0.39 is 0 Å². The number of benzene rings is 1. The highest BCUT2D eigenvalue weighted by Gasteiger charge is 2.25. The van der Waals surface area contributed by atoms with E-state index in [1.54, 1.807) is 0 Å². The van der Waals surface area contributed by atoms with Crippen LogP contribution in [-0.4, -0.2) is 54.3 Å². The first-order valence-corrected chi connectivity index (χ1v) is 8.89. The summed E-state index contributed by atoms with van der Waals surface area (Å²) in [5.74, 6) is 0.619. The van der Waals surface area contributed by atoms with Crippen LogP contribution in [0.2, 0.25) is 0 Å². The van der Waals surface area contributed by atoms with E-state index in [-0.39, 0.29) is 35.8 Å². The number of amides is 2. The molecule has 1 aliphatic heterocycles. The number of nitrogens with one attached hydrogen (secondary N) is 1. The number of rotatable bonds is 6. The number of aryl methyl sites for hydroxylation is 1. The molecule has 2 rings (SSSR count). The average Bonchev–Trinajstić information content (AvgIpc) is 2.58. The van der Waals surface area contributed by atoms with Crippen molar-refractivity contribution in [2.24, 2.45) is 4.99 Å². The Morgan fingerprint density at radius 3 is 2.38 bits per heavy atom. The lowest BCUT2D eigenvalue weighted by molar-refractivity contribution is -0.147. The summed E-state index contributed by atoms with van der Waals surface area (Å²) in [6, 6.07) is 8.42. The number of carbonyl (C=O) groups is 2. The number of hydrogen-bond donors (Lipinski definition) is 1. The molecule has 1 heterocycles. The molecule has 1 aromatic rings. The van der Waals surface area contributed by atoms with E-state index in [9.17, 15) is 9.59 Å². The lowest BCUT2D eigenvalue weighted by atomic mass is 10.1. The van der Waals surface area contributed by atoms with E-state index in [1.807, 2.05) is 18.9 Å². The zero-order valence-electron chi connectivity index (χ0n) is 15.8. The number of guanidine groups is 1. The minimum absolute atomic E-state index is 0. The molecular formula is C19H29IN4O2. The van der Waals surface area contributed by atoms with Gasteiger partial charge in [0.1, 0.15) is 0 Å². The van der Waals surface area contributed by atoms with Gasteiger partial charge >= 0.3 is 0 Å². The highest BCUT2D eigenvalue weighted by atomic mass is 127. The Bertz CT molecular complexity index is 615. The van der Waals surface area contributed by atoms with Crippen molar-refractivity contribution in [1.82, 2.24) is 15.1 Å². The fraction of sp³-hybridized carbons (Fsp3) is 0.526. The third kappa shape index (κ3) is 6.59. The summed E-state index contributed by atoms with van der Waals surface area (Å²) in [6.45, 7) is 6.37. The molecule has 0 atom stereocenters. The molecule has 1 fully saturated rings. The molecule has 0 saturated carbocycles. The molecule has 26 heavy (non-hydrogen) atoms. The van der Waals surface area contributed by atoms with Gasteiger partial charge in [-0.15, -0.1) is 24.0 Å². The van der Waals surface area contributed by atoms with Crippen molar-refractivity contribution in [3.05, 3.63) is 35.4 Å². The van der Waals surface area contributed by atoms with Crippen molar-refractivity contribution in [2.75, 3.05) is 26.7 Å². The Balaban J connectivity index is 0.00000338. The molecule has 0 radical (unpaired) electrons. The van der Waals surface area contributed by atoms with Crippen LogP contribution in [0.3, 0.4) is 0 Å². The van der Waals surface area contributed by atoms with Gasteiger partial charge in [-0.05, 0) is 25.8 Å². The van der Waals surface area contributed by atoms with E-state index >= 15 is 0 Å². The van der Waals surface area contributed by atoms with Gasteiger partial charge < -0.3 is 10.2 Å². The van der Waals surface area contributed by atoms with Crippen LogP contribution in [0.5, 0.6) is 0 Å². The largest absolute Gasteiger partial charge is 0.357 e. The number of carbonyl (C=O) groups excluding carboxylic acids is 2. The molecule has 0 bridgehead atoms. The Hall–Kier alpha value is -1.64. The van der Waals surface area contributed by atoms with Crippen LogP contribution in [0.4, 0.5) is 0 Å². The number of hydrogen-bond acceptors (Lipinski definition) is 3. The average molecular weight is 472 g/mol. The molecular weight excluding hydrogens is 443 g/mol. The van der Waals surface area contributed by atoms with Crippen molar-refractivity contribution in [3.63, 3.8) is 0 Å². The van der Waals surface area contributed by atoms with E-state index in [1.165, 1.54) is 16.0 Å². The summed E-state index contributed by atoms with van der Waals surface area (Å²) >= 11 is 0. The molecule has 1 aromatic carbocycles. The maximum atomic E-state index is 11.8. The minimum Gasteiger partial charge on any atom is -0.357 e. The van der Waals surface area contributed by atoms with Gasteiger partial charge in [0.05, 0.1) is 6.54 Å². The maximum Gasteiger partial charge on any atom is 0.229 e. The number of halogens is 1. The first-order chi connectivity index (χ1) is 12.0. The van der Waals surface area contributed by atoms with Gasteiger partial charge in [-0.2, -0.15) is 0 Å². The molecule has 144 valence electrons. The van der Waals surface area contributed by atoms with Gasteiger partial charge in [0.15, 0.2) is 5.96 Å². The zero-order chi connectivity index (χ0) is 18.2. The summed E-state index contributed by atoms with van der Waals surface area (Å²) in [4.78, 5) is 31.6. The van der Waals surface area contributed by atoms with Crippen molar-refractivity contribution in [1.29, 1.82) is 0 Å². The van der Waals surface area contributed by atoms with Crippen molar-refractivity contribution in [3.8, 4) is 0 Å². The van der Waals surface area contributed by atoms with Gasteiger partial charge in [0, 0.05) is 39.5 Å². The lowest BCUT2D eigenvalue weighted by Gasteiger charge is -2.25. The number of imide groups is 1. The molecule has 1 N–H and O–H groups in total. The maximum absolute atomic E-state index is 11.8. The smallest absolute Gasteiger partial charge is 0.229 e. The summed E-state index contributed by atoms with van der Waals surface area (Å²) in [5.41, 5.74) is 2.45. The standard InChI is InChI=1S/C19H28N4O2.HI/c1-4-20-19(22(3)14-16-10-8-15(2)9-11-16)21-12-13-23-17(24)6-5-7-18(23)25;/h8-11H,4-7,12-14H2,1-3H3,(H,20,21);1H. The van der Waals surface area contributed by atoms with Crippen molar-refractivity contribution < 1.29 is 9.59 Å². The topological polar surface area (TPSA) is 65.0 Å². The van der Waals surface area contributed by atoms with E-state index in [0.29, 0.717) is 32.4 Å². The molecule has 1 aliphatic rings. The first kappa shape index (κ1) is 22.4. The van der Waals surface area contributed by atoms with Crippen LogP contribution in [0.1, 0.15) is 37.3 Å². The number of piperidine rings is 1. The summed E-state index contributed by atoms with van der Waals surface area (Å²) in [6.07, 6.45) is 1.59. The van der Waals surface area contributed by atoms with Gasteiger partial charge in [0.2, 0.25) is 11.8 Å². The lowest BCUT2D eigenvalue weighted by Crippen LogP contribution is -2.42. The van der Waals surface area contributed by atoms with E-state index in [4.69, 9.17) is 0 Å². The van der Waals surface area contributed by atoms with Gasteiger partial charge in [-0.25, -0.2) is 0 Å². The molecule has 6 nitrogen and oxygen atoms in total. The normalized spacial score (nSPS) is 14.9. The molecule has 0 aliphatic carbocycles. The Labute approximate surface area is 173 Å². The molecule has 2 amide bonds. The van der Waals surface area contributed by atoms with Crippen LogP contribution in [0, 0.1) is 6.92 Å². The first-order valence-electron chi connectivity index (χ1n) is 8.89. The minimum atomic E-state index is -0.0792. The van der Waals surface area contributed by atoms with Crippen LogP contribution in [0.25, 0.3) is 0 Å². The number of nitrogens with zero attached hydrogens (tertiary/aromatic N) is 3. The van der Waals surface area contributed by atoms with Gasteiger partial charge in [-0.3, -0.25) is 19.5 Å². The second-order valence-electron chi connectivity index (χ2n) is 6.37. The van der Waals surface area contributed by atoms with Crippen LogP contribution >= 0.6 is 24.0 Å². The van der Waals surface area contributed by atoms with Gasteiger partial charge in [0.25, 0.3) is 0 Å². The monoisotopic (exact) mass is 472 g/mol. The summed E-state index contributed by atoms with van der Waals surface area (Å²) in [5, 5.41) is 3.26. The highest BCUT2D eigenvalue weighted by molar-refractivity contribution is 14.0. The zero-order valence-corrected chi connectivity index (χ0v) is 18.2. The Morgan fingerprint density at radius 2 is 1.81 bits per heavy atom. The second-order valence-corrected chi connectivity index (χ2v) is 6.37. The van der Waals surface area contributed by atoms with Gasteiger partial charge in [-0.1, -0.05) is 29.8 Å². The van der Waals surface area contributed by atoms with Crippen LogP contribution in [-0.2, 0) is 16.1 Å². The molecule has 0 aromatic heterocycles. The van der Waals surface area contributed by atoms with E-state index in [0.717, 1.165) is 19.0 Å². The molecule has 0 unspecified atom stereocenters. The van der Waals surface area contributed by atoms with E-state index in [2.05, 4.69) is 41.5 Å². The third-order valence-electron chi connectivity index (χ3n) is 4.21. The molecule has 0 spiro atoms. The summed E-state index contributed by atoms with van der Waals surface area (Å²) < 4.78 is 0. The fourth-order valence-corrected chi connectivity index (χ4v) is 2.82. The molecule has 7 heteroatoms. The predicted octanol–water partition coefficient (Wildman–Crippen LogP) is 2.55. The summed E-state index contributed by atoms with van der Waals surface area (Å²) in [7, 11) is 1.98. The van der Waals surface area contributed by atoms with Crippen LogP contribution < -0.4 is 5.32 Å². The fourth-order valence-electron chi connectivity index (χ4n) is 2.82. The highest BCUT2D eigenvalue weighted by Crippen LogP contribution is 2.11. The SMILES string of the molecule is CCNC(=NCCN1C(=O)CCCC1=O)N(C)Cc1ccc(C)cc1.I. The predicted molar refractivity (Wildman–Crippen MR) is 115 cm³/mol. The molecule has 1 saturated heterocycles. The van der Waals surface area contributed by atoms with Crippen LogP contribution in [0.15, 0.2) is 29.3 Å². The number of aliphatic imine (C=N–C) groups is 1. The number of likely N-dealkylation sites (tertiary alicyclic amines) is 1. The second kappa shape index (κ2) is 11.2. The quantitative estimate of drug-likeness (QED) is 0.299. The Morgan fingerprint density at radius 1 is 1.19 bits per heavy atom. The Kier molecular flexibility index (Phi) is 9.61.